The quantitative estimate of drug-likeness (QED) is 0.835. The molecular formula is C15H19BrN2O. The molecular weight excluding hydrogens is 304 g/mol. The minimum Gasteiger partial charge on any atom is -0.337 e. The molecule has 3 aliphatic rings. The lowest BCUT2D eigenvalue weighted by Crippen LogP contribution is -2.57. The van der Waals surface area contributed by atoms with E-state index < -0.39 is 0 Å². The van der Waals surface area contributed by atoms with E-state index in [1.165, 1.54) is 25.9 Å². The molecule has 102 valence electrons. The van der Waals surface area contributed by atoms with E-state index in [9.17, 15) is 4.79 Å². The Bertz CT molecular complexity index is 466. The number of hydrogen-bond donors (Lipinski definition) is 0. The van der Waals surface area contributed by atoms with Gasteiger partial charge >= 0.3 is 0 Å². The Labute approximate surface area is 122 Å². The summed E-state index contributed by atoms with van der Waals surface area (Å²) < 4.78 is 1.01. The highest BCUT2D eigenvalue weighted by molar-refractivity contribution is 9.10. The standard InChI is InChI=1S/C15H19BrN2O/c1-17(14-10-18-8-6-11(14)7-9-18)15(19)12-2-4-13(16)5-3-12/h2-5,11,14H,6-10H2,1H3. The molecule has 0 aliphatic carbocycles. The van der Waals surface area contributed by atoms with Crippen molar-refractivity contribution in [1.82, 2.24) is 9.80 Å². The SMILES string of the molecule is CN(C(=O)c1ccc(Br)cc1)C1CN2CCC1CC2. The van der Waals surface area contributed by atoms with Crippen LogP contribution in [0.2, 0.25) is 0 Å². The van der Waals surface area contributed by atoms with E-state index in [0.717, 1.165) is 16.6 Å². The third-order valence-corrected chi connectivity index (χ3v) is 5.06. The second kappa shape index (κ2) is 5.25. The van der Waals surface area contributed by atoms with Crippen molar-refractivity contribution in [3.63, 3.8) is 0 Å². The molecule has 0 spiro atoms. The summed E-state index contributed by atoms with van der Waals surface area (Å²) in [5, 5.41) is 0. The smallest absolute Gasteiger partial charge is 0.253 e. The van der Waals surface area contributed by atoms with Crippen molar-refractivity contribution in [2.75, 3.05) is 26.7 Å². The highest BCUT2D eigenvalue weighted by Gasteiger charge is 2.37. The topological polar surface area (TPSA) is 23.6 Å². The summed E-state index contributed by atoms with van der Waals surface area (Å²) in [7, 11) is 1.96. The van der Waals surface area contributed by atoms with E-state index in [1.807, 2.05) is 36.2 Å². The Morgan fingerprint density at radius 2 is 1.89 bits per heavy atom. The number of benzene rings is 1. The molecule has 3 heterocycles. The first-order chi connectivity index (χ1) is 9.15. The molecule has 1 amide bonds. The summed E-state index contributed by atoms with van der Waals surface area (Å²) in [6.07, 6.45) is 2.48. The Balaban J connectivity index is 1.74. The van der Waals surface area contributed by atoms with Gasteiger partial charge in [-0.15, -0.1) is 0 Å². The van der Waals surface area contributed by atoms with Gasteiger partial charge in [0.2, 0.25) is 0 Å². The number of piperidine rings is 3. The number of fused-ring (bicyclic) bond motifs is 3. The molecule has 1 aromatic carbocycles. The van der Waals surface area contributed by atoms with Crippen LogP contribution in [0.25, 0.3) is 0 Å². The van der Waals surface area contributed by atoms with Crippen LogP contribution in [0.4, 0.5) is 0 Å². The Morgan fingerprint density at radius 1 is 1.26 bits per heavy atom. The average Bonchev–Trinajstić information content (AvgIpc) is 2.47. The van der Waals surface area contributed by atoms with E-state index in [4.69, 9.17) is 0 Å². The summed E-state index contributed by atoms with van der Waals surface area (Å²) in [6, 6.07) is 8.03. The van der Waals surface area contributed by atoms with E-state index in [0.29, 0.717) is 12.0 Å². The Morgan fingerprint density at radius 3 is 2.42 bits per heavy atom. The number of likely N-dealkylation sites (N-methyl/N-ethyl adjacent to an activating group) is 1. The van der Waals surface area contributed by atoms with Crippen LogP contribution < -0.4 is 0 Å². The fraction of sp³-hybridized carbons (Fsp3) is 0.533. The number of halogens is 1. The maximum Gasteiger partial charge on any atom is 0.253 e. The number of carbonyl (C=O) groups is 1. The summed E-state index contributed by atoms with van der Waals surface area (Å²) in [5.41, 5.74) is 0.780. The van der Waals surface area contributed by atoms with Crippen molar-refractivity contribution in [2.45, 2.75) is 18.9 Å². The van der Waals surface area contributed by atoms with Crippen molar-refractivity contribution < 1.29 is 4.79 Å². The van der Waals surface area contributed by atoms with Gasteiger partial charge in [-0.2, -0.15) is 0 Å². The summed E-state index contributed by atoms with van der Waals surface area (Å²) in [6.45, 7) is 3.46. The highest BCUT2D eigenvalue weighted by Crippen LogP contribution is 2.31. The molecule has 0 aromatic heterocycles. The second-order valence-corrected chi connectivity index (χ2v) is 6.54. The molecule has 0 N–H and O–H groups in total. The van der Waals surface area contributed by atoms with Crippen LogP contribution in [0.1, 0.15) is 23.2 Å². The van der Waals surface area contributed by atoms with Gasteiger partial charge in [-0.25, -0.2) is 0 Å². The molecule has 4 heteroatoms. The van der Waals surface area contributed by atoms with Gasteiger partial charge in [-0.3, -0.25) is 4.79 Å². The minimum atomic E-state index is 0.145. The fourth-order valence-electron chi connectivity index (χ4n) is 3.32. The van der Waals surface area contributed by atoms with E-state index in [-0.39, 0.29) is 5.91 Å². The van der Waals surface area contributed by atoms with Gasteiger partial charge in [0.05, 0.1) is 0 Å². The molecule has 2 bridgehead atoms. The van der Waals surface area contributed by atoms with Crippen molar-refractivity contribution >= 4 is 21.8 Å². The van der Waals surface area contributed by atoms with E-state index in [1.54, 1.807) is 0 Å². The van der Waals surface area contributed by atoms with Crippen molar-refractivity contribution in [2.24, 2.45) is 5.92 Å². The van der Waals surface area contributed by atoms with Gasteiger partial charge in [-0.05, 0) is 56.1 Å². The molecule has 3 fully saturated rings. The van der Waals surface area contributed by atoms with Gasteiger partial charge < -0.3 is 9.80 Å². The lowest BCUT2D eigenvalue weighted by atomic mass is 9.83. The van der Waals surface area contributed by atoms with Gasteiger partial charge in [-0.1, -0.05) is 15.9 Å². The van der Waals surface area contributed by atoms with Crippen LogP contribution in [0.15, 0.2) is 28.7 Å². The highest BCUT2D eigenvalue weighted by atomic mass is 79.9. The second-order valence-electron chi connectivity index (χ2n) is 5.63. The van der Waals surface area contributed by atoms with E-state index in [2.05, 4.69) is 20.8 Å². The lowest BCUT2D eigenvalue weighted by molar-refractivity contribution is 0.0162. The third-order valence-electron chi connectivity index (χ3n) is 4.53. The largest absolute Gasteiger partial charge is 0.337 e. The van der Waals surface area contributed by atoms with Crippen LogP contribution in [0.5, 0.6) is 0 Å². The lowest BCUT2D eigenvalue weighted by Gasteiger charge is -2.48. The number of nitrogens with zero attached hydrogens (tertiary/aromatic N) is 2. The van der Waals surface area contributed by atoms with E-state index >= 15 is 0 Å². The zero-order chi connectivity index (χ0) is 13.4. The molecule has 19 heavy (non-hydrogen) atoms. The minimum absolute atomic E-state index is 0.145. The van der Waals surface area contributed by atoms with Crippen LogP contribution in [-0.4, -0.2) is 48.4 Å². The summed E-state index contributed by atoms with van der Waals surface area (Å²) in [5.74, 6) is 0.834. The number of hydrogen-bond acceptors (Lipinski definition) is 2. The molecule has 3 saturated heterocycles. The molecule has 0 radical (unpaired) electrons. The van der Waals surface area contributed by atoms with Crippen molar-refractivity contribution in [3.8, 4) is 0 Å². The predicted octanol–water partition coefficient (Wildman–Crippen LogP) is 2.62. The normalized spacial score (nSPS) is 29.3. The molecule has 1 atom stereocenters. The Kier molecular flexibility index (Phi) is 3.63. The third kappa shape index (κ3) is 2.56. The Hall–Kier alpha value is -0.870. The zero-order valence-electron chi connectivity index (χ0n) is 11.2. The average molecular weight is 323 g/mol. The van der Waals surface area contributed by atoms with Crippen LogP contribution in [0, 0.1) is 5.92 Å². The van der Waals surface area contributed by atoms with Gasteiger partial charge in [0.1, 0.15) is 0 Å². The summed E-state index contributed by atoms with van der Waals surface area (Å²) >= 11 is 3.40. The van der Waals surface area contributed by atoms with Crippen molar-refractivity contribution in [3.05, 3.63) is 34.3 Å². The first kappa shape index (κ1) is 13.1. The molecule has 4 rings (SSSR count). The molecule has 1 aromatic rings. The van der Waals surface area contributed by atoms with Gasteiger partial charge in [0.25, 0.3) is 5.91 Å². The summed E-state index contributed by atoms with van der Waals surface area (Å²) in [4.78, 5) is 17.0. The van der Waals surface area contributed by atoms with Crippen LogP contribution in [0.3, 0.4) is 0 Å². The molecule has 3 nitrogen and oxygen atoms in total. The molecule has 1 unspecified atom stereocenters. The predicted molar refractivity (Wildman–Crippen MR) is 79.2 cm³/mol. The van der Waals surface area contributed by atoms with Crippen molar-refractivity contribution in [1.29, 1.82) is 0 Å². The first-order valence-electron chi connectivity index (χ1n) is 6.90. The zero-order valence-corrected chi connectivity index (χ0v) is 12.8. The number of rotatable bonds is 2. The van der Waals surface area contributed by atoms with Crippen LogP contribution >= 0.6 is 15.9 Å². The molecule has 3 aliphatic heterocycles. The molecule has 0 saturated carbocycles. The number of carbonyl (C=O) groups excluding carboxylic acids is 1. The van der Waals surface area contributed by atoms with Gasteiger partial charge in [0.15, 0.2) is 0 Å². The first-order valence-corrected chi connectivity index (χ1v) is 7.69. The number of amides is 1. The van der Waals surface area contributed by atoms with Gasteiger partial charge in [0, 0.05) is 29.7 Å². The van der Waals surface area contributed by atoms with Crippen LogP contribution in [-0.2, 0) is 0 Å². The monoisotopic (exact) mass is 322 g/mol. The maximum atomic E-state index is 12.5. The fourth-order valence-corrected chi connectivity index (χ4v) is 3.58. The maximum absolute atomic E-state index is 12.5.